The largest absolute Gasteiger partial charge is 0.373 e. The minimum absolute atomic E-state index is 1.04. The molecule has 0 unspecified atom stereocenters. The summed E-state index contributed by atoms with van der Waals surface area (Å²) in [5.41, 5.74) is 2.61. The molecular weight excluding hydrogens is 222 g/mol. The van der Waals surface area contributed by atoms with E-state index in [0.717, 1.165) is 26.2 Å². The minimum atomic E-state index is 1.04. The average molecular weight is 249 g/mol. The number of benzene rings is 1. The summed E-state index contributed by atoms with van der Waals surface area (Å²) in [4.78, 5) is 4.52. The number of hydrogen-bond donors (Lipinski definition) is 1. The van der Waals surface area contributed by atoms with E-state index in [9.17, 15) is 0 Å². The second kappa shape index (κ2) is 8.11. The molecule has 0 atom stereocenters. The van der Waals surface area contributed by atoms with E-state index in [1.54, 1.807) is 0 Å². The second-order valence-electron chi connectivity index (χ2n) is 5.17. The van der Waals surface area contributed by atoms with E-state index in [2.05, 4.69) is 67.4 Å². The lowest BCUT2D eigenvalue weighted by molar-refractivity contribution is 0.395. The fourth-order valence-corrected chi connectivity index (χ4v) is 1.89. The first-order valence-electron chi connectivity index (χ1n) is 6.73. The molecule has 0 aliphatic carbocycles. The normalized spacial score (nSPS) is 10.9. The van der Waals surface area contributed by atoms with Gasteiger partial charge < -0.3 is 15.1 Å². The van der Waals surface area contributed by atoms with Crippen molar-refractivity contribution in [2.45, 2.75) is 13.3 Å². The fraction of sp³-hybridized carbons (Fsp3) is 0.600. The van der Waals surface area contributed by atoms with Gasteiger partial charge in [0.1, 0.15) is 0 Å². The van der Waals surface area contributed by atoms with Crippen molar-refractivity contribution < 1.29 is 0 Å². The lowest BCUT2D eigenvalue weighted by atomic mass is 10.2. The summed E-state index contributed by atoms with van der Waals surface area (Å²) in [6, 6.07) is 8.65. The highest BCUT2D eigenvalue weighted by Crippen LogP contribution is 2.13. The zero-order chi connectivity index (χ0) is 13.4. The van der Waals surface area contributed by atoms with Gasteiger partial charge in [0, 0.05) is 25.8 Å². The molecule has 0 aliphatic heterocycles. The van der Waals surface area contributed by atoms with Crippen LogP contribution in [0.4, 0.5) is 5.69 Å². The zero-order valence-electron chi connectivity index (χ0n) is 12.2. The number of anilines is 1. The molecule has 1 rings (SSSR count). The van der Waals surface area contributed by atoms with Crippen LogP contribution in [0.25, 0.3) is 0 Å². The third-order valence-electron chi connectivity index (χ3n) is 3.03. The average Bonchev–Trinajstić information content (AvgIpc) is 2.33. The molecule has 1 N–H and O–H groups in total. The van der Waals surface area contributed by atoms with Crippen LogP contribution in [0.15, 0.2) is 24.3 Å². The predicted molar refractivity (Wildman–Crippen MR) is 80.5 cm³/mol. The number of nitrogens with zero attached hydrogens (tertiary/aromatic N) is 2. The van der Waals surface area contributed by atoms with Crippen LogP contribution in [-0.2, 0) is 0 Å². The summed E-state index contributed by atoms with van der Waals surface area (Å²) in [7, 11) is 6.38. The molecule has 0 saturated heterocycles. The summed E-state index contributed by atoms with van der Waals surface area (Å²) in [6.07, 6.45) is 1.21. The summed E-state index contributed by atoms with van der Waals surface area (Å²) in [6.45, 7) is 6.47. The number of hydrogen-bond acceptors (Lipinski definition) is 3. The van der Waals surface area contributed by atoms with Crippen molar-refractivity contribution in [1.82, 2.24) is 10.2 Å². The van der Waals surface area contributed by atoms with Gasteiger partial charge in [0.25, 0.3) is 0 Å². The van der Waals surface area contributed by atoms with E-state index in [1.165, 1.54) is 17.7 Å². The van der Waals surface area contributed by atoms with Gasteiger partial charge in [-0.2, -0.15) is 0 Å². The van der Waals surface area contributed by atoms with Crippen molar-refractivity contribution in [3.8, 4) is 0 Å². The first-order chi connectivity index (χ1) is 8.59. The molecule has 1 aromatic carbocycles. The molecule has 0 radical (unpaired) electrons. The highest BCUT2D eigenvalue weighted by atomic mass is 15.1. The van der Waals surface area contributed by atoms with Crippen LogP contribution in [0.2, 0.25) is 0 Å². The lowest BCUT2D eigenvalue weighted by Crippen LogP contribution is -2.30. The molecule has 102 valence electrons. The van der Waals surface area contributed by atoms with Crippen LogP contribution < -0.4 is 10.2 Å². The van der Waals surface area contributed by atoms with E-state index in [4.69, 9.17) is 0 Å². The molecule has 0 fully saturated rings. The van der Waals surface area contributed by atoms with Crippen molar-refractivity contribution in [3.63, 3.8) is 0 Å². The highest BCUT2D eigenvalue weighted by Gasteiger charge is 2.00. The maximum absolute atomic E-state index is 3.49. The summed E-state index contributed by atoms with van der Waals surface area (Å²) in [5, 5.41) is 3.49. The molecule has 0 aliphatic rings. The van der Waals surface area contributed by atoms with Gasteiger partial charge in [-0.1, -0.05) is 12.1 Å². The van der Waals surface area contributed by atoms with Crippen molar-refractivity contribution >= 4 is 5.69 Å². The van der Waals surface area contributed by atoms with Gasteiger partial charge >= 0.3 is 0 Å². The molecular formula is C15H27N3. The van der Waals surface area contributed by atoms with Gasteiger partial charge in [0.15, 0.2) is 0 Å². The molecule has 0 spiro atoms. The summed E-state index contributed by atoms with van der Waals surface area (Å²) in [5.74, 6) is 0. The van der Waals surface area contributed by atoms with Crippen LogP contribution in [0.3, 0.4) is 0 Å². The van der Waals surface area contributed by atoms with Gasteiger partial charge in [-0.3, -0.25) is 0 Å². The molecule has 0 aromatic heterocycles. The predicted octanol–water partition coefficient (Wildman–Crippen LogP) is 1.97. The number of rotatable bonds is 8. The molecule has 0 amide bonds. The van der Waals surface area contributed by atoms with Gasteiger partial charge in [0.2, 0.25) is 0 Å². The van der Waals surface area contributed by atoms with Crippen LogP contribution in [0.1, 0.15) is 12.0 Å². The Balaban J connectivity index is 2.15. The highest BCUT2D eigenvalue weighted by molar-refractivity contribution is 5.47. The Morgan fingerprint density at radius 1 is 1.06 bits per heavy atom. The first-order valence-corrected chi connectivity index (χ1v) is 6.73. The minimum Gasteiger partial charge on any atom is -0.373 e. The van der Waals surface area contributed by atoms with E-state index < -0.39 is 0 Å². The van der Waals surface area contributed by atoms with Crippen LogP contribution in [0, 0.1) is 6.92 Å². The van der Waals surface area contributed by atoms with Gasteiger partial charge in [-0.05, 0) is 58.2 Å². The Hall–Kier alpha value is -1.06. The maximum atomic E-state index is 3.49. The third-order valence-corrected chi connectivity index (χ3v) is 3.03. The van der Waals surface area contributed by atoms with E-state index in [0.29, 0.717) is 0 Å². The maximum Gasteiger partial charge on any atom is 0.0366 e. The lowest BCUT2D eigenvalue weighted by Gasteiger charge is -2.20. The van der Waals surface area contributed by atoms with E-state index in [1.807, 2.05) is 0 Å². The smallest absolute Gasteiger partial charge is 0.0366 e. The molecule has 0 saturated carbocycles. The van der Waals surface area contributed by atoms with Gasteiger partial charge in [-0.25, -0.2) is 0 Å². The standard InChI is InChI=1S/C15H27N3/c1-14-7-5-8-15(13-14)18(4)12-10-16-9-6-11-17(2)3/h5,7-8,13,16H,6,9-12H2,1-4H3. The SMILES string of the molecule is Cc1cccc(N(C)CCNCCCN(C)C)c1. The second-order valence-corrected chi connectivity index (χ2v) is 5.17. The first kappa shape index (κ1) is 15.0. The monoisotopic (exact) mass is 249 g/mol. The Bertz CT molecular complexity index is 336. The van der Waals surface area contributed by atoms with E-state index >= 15 is 0 Å². The van der Waals surface area contributed by atoms with Crippen LogP contribution in [-0.4, -0.2) is 52.2 Å². The Labute approximate surface area is 112 Å². The topological polar surface area (TPSA) is 18.5 Å². The van der Waals surface area contributed by atoms with Crippen LogP contribution in [0.5, 0.6) is 0 Å². The number of likely N-dealkylation sites (N-methyl/N-ethyl adjacent to an activating group) is 1. The third kappa shape index (κ3) is 6.03. The molecule has 0 heterocycles. The van der Waals surface area contributed by atoms with Crippen molar-refractivity contribution in [2.24, 2.45) is 0 Å². The van der Waals surface area contributed by atoms with Crippen LogP contribution >= 0.6 is 0 Å². The van der Waals surface area contributed by atoms with Crippen molar-refractivity contribution in [3.05, 3.63) is 29.8 Å². The Morgan fingerprint density at radius 2 is 1.83 bits per heavy atom. The van der Waals surface area contributed by atoms with E-state index in [-0.39, 0.29) is 0 Å². The Kier molecular flexibility index (Phi) is 6.76. The summed E-state index contributed by atoms with van der Waals surface area (Å²) < 4.78 is 0. The number of aryl methyl sites for hydroxylation is 1. The molecule has 1 aromatic rings. The van der Waals surface area contributed by atoms with Crippen molar-refractivity contribution in [1.29, 1.82) is 0 Å². The molecule has 0 bridgehead atoms. The van der Waals surface area contributed by atoms with Crippen molar-refractivity contribution in [2.75, 3.05) is 52.2 Å². The molecule has 18 heavy (non-hydrogen) atoms. The number of nitrogens with one attached hydrogen (secondary N) is 1. The zero-order valence-corrected chi connectivity index (χ0v) is 12.2. The summed E-state index contributed by atoms with van der Waals surface area (Å²) >= 11 is 0. The fourth-order valence-electron chi connectivity index (χ4n) is 1.89. The molecule has 3 nitrogen and oxygen atoms in total. The Morgan fingerprint density at radius 3 is 2.50 bits per heavy atom. The van der Waals surface area contributed by atoms with Gasteiger partial charge in [0.05, 0.1) is 0 Å². The quantitative estimate of drug-likeness (QED) is 0.711. The molecule has 3 heteroatoms. The van der Waals surface area contributed by atoms with Gasteiger partial charge in [-0.15, -0.1) is 0 Å².